The van der Waals surface area contributed by atoms with Gasteiger partial charge in [0.1, 0.15) is 18.6 Å². The fraction of sp³-hybridized carbons (Fsp3) is 0.259. The second kappa shape index (κ2) is 9.61. The summed E-state index contributed by atoms with van der Waals surface area (Å²) in [7, 11) is 0. The minimum Gasteiger partial charge on any atom is -0.488 e. The van der Waals surface area contributed by atoms with E-state index in [9.17, 15) is 4.79 Å². The van der Waals surface area contributed by atoms with E-state index in [4.69, 9.17) is 14.5 Å². The lowest BCUT2D eigenvalue weighted by Gasteiger charge is -2.19. The normalized spacial score (nSPS) is 15.6. The van der Waals surface area contributed by atoms with Gasteiger partial charge < -0.3 is 14.3 Å². The number of aromatic nitrogens is 1. The van der Waals surface area contributed by atoms with Crippen molar-refractivity contribution >= 4 is 23.1 Å². The lowest BCUT2D eigenvalue weighted by atomic mass is 9.97. The molecule has 0 saturated carbocycles. The van der Waals surface area contributed by atoms with Gasteiger partial charge in [-0.1, -0.05) is 54.6 Å². The van der Waals surface area contributed by atoms with Crippen molar-refractivity contribution in [2.45, 2.75) is 39.2 Å². The Hall–Kier alpha value is -3.40. The van der Waals surface area contributed by atoms with E-state index in [2.05, 4.69) is 12.1 Å². The SMILES string of the molecule is CC=CC=Cc1cc2cc3c(c(OCc4ccccc4)c2c(OCC)n1)C(C=O)CC3. The highest BCUT2D eigenvalue weighted by Gasteiger charge is 2.29. The van der Waals surface area contributed by atoms with Crippen LogP contribution < -0.4 is 9.47 Å². The van der Waals surface area contributed by atoms with Gasteiger partial charge in [0.05, 0.1) is 17.7 Å². The number of ether oxygens (including phenoxy) is 2. The molecule has 4 rings (SSSR count). The zero-order valence-electron chi connectivity index (χ0n) is 18.0. The fourth-order valence-corrected chi connectivity index (χ4v) is 4.12. The summed E-state index contributed by atoms with van der Waals surface area (Å²) in [6.07, 6.45) is 10.6. The summed E-state index contributed by atoms with van der Waals surface area (Å²) in [5, 5.41) is 1.86. The molecule has 1 aliphatic rings. The number of benzene rings is 2. The van der Waals surface area contributed by atoms with Crippen LogP contribution in [0.3, 0.4) is 0 Å². The molecular weight excluding hydrogens is 386 g/mol. The number of hydrogen-bond donors (Lipinski definition) is 0. The summed E-state index contributed by atoms with van der Waals surface area (Å²) >= 11 is 0. The van der Waals surface area contributed by atoms with Gasteiger partial charge in [-0.2, -0.15) is 0 Å². The van der Waals surface area contributed by atoms with Crippen LogP contribution in [0, 0.1) is 0 Å². The number of allylic oxidation sites excluding steroid dienone is 3. The van der Waals surface area contributed by atoms with Gasteiger partial charge in [-0.3, -0.25) is 0 Å². The van der Waals surface area contributed by atoms with Gasteiger partial charge in [0.2, 0.25) is 5.88 Å². The Balaban J connectivity index is 1.89. The van der Waals surface area contributed by atoms with Gasteiger partial charge in [-0.15, -0.1) is 0 Å². The molecule has 1 unspecified atom stereocenters. The molecule has 1 atom stereocenters. The second-order valence-corrected chi connectivity index (χ2v) is 7.60. The quantitative estimate of drug-likeness (QED) is 0.334. The third kappa shape index (κ3) is 4.38. The minimum atomic E-state index is -0.158. The van der Waals surface area contributed by atoms with Crippen LogP contribution in [-0.4, -0.2) is 17.9 Å². The van der Waals surface area contributed by atoms with Crippen molar-refractivity contribution < 1.29 is 14.3 Å². The van der Waals surface area contributed by atoms with E-state index in [-0.39, 0.29) is 5.92 Å². The van der Waals surface area contributed by atoms with E-state index in [0.717, 1.165) is 52.5 Å². The molecule has 2 aromatic carbocycles. The number of fused-ring (bicyclic) bond motifs is 2. The number of carbonyl (C=O) groups excluding carboxylic acids is 1. The molecule has 1 aliphatic carbocycles. The Morgan fingerprint density at radius 2 is 1.97 bits per heavy atom. The first-order chi connectivity index (χ1) is 15.2. The van der Waals surface area contributed by atoms with Crippen LogP contribution in [0.25, 0.3) is 16.8 Å². The highest BCUT2D eigenvalue weighted by atomic mass is 16.5. The van der Waals surface area contributed by atoms with Crippen LogP contribution >= 0.6 is 0 Å². The Morgan fingerprint density at radius 3 is 2.71 bits per heavy atom. The third-order valence-electron chi connectivity index (χ3n) is 5.52. The van der Waals surface area contributed by atoms with Crippen LogP contribution in [0.15, 0.2) is 60.7 Å². The number of nitrogens with zero attached hydrogens (tertiary/aromatic N) is 1. The summed E-state index contributed by atoms with van der Waals surface area (Å²) in [4.78, 5) is 16.6. The van der Waals surface area contributed by atoms with E-state index in [1.807, 2.05) is 68.5 Å². The summed E-state index contributed by atoms with van der Waals surface area (Å²) in [5.41, 5.74) is 4.06. The summed E-state index contributed by atoms with van der Waals surface area (Å²) in [6.45, 7) is 4.85. The number of aryl methyl sites for hydroxylation is 1. The maximum atomic E-state index is 11.8. The van der Waals surface area contributed by atoms with Crippen LogP contribution in [0.2, 0.25) is 0 Å². The molecule has 0 radical (unpaired) electrons. The Bertz CT molecular complexity index is 1130. The summed E-state index contributed by atoms with van der Waals surface area (Å²) in [6, 6.07) is 14.3. The van der Waals surface area contributed by atoms with Gasteiger partial charge in [0.15, 0.2) is 0 Å². The standard InChI is InChI=1S/C27H27NO3/c1-3-5-7-12-23-16-22-15-20-13-14-21(17-29)24(20)26(25(22)27(28-23)30-4-2)31-18-19-10-8-6-9-11-19/h3,5-12,15-17,21H,4,13-14,18H2,1-2H3. The van der Waals surface area contributed by atoms with Crippen LogP contribution in [-0.2, 0) is 17.8 Å². The predicted octanol–water partition coefficient (Wildman–Crippen LogP) is 6.03. The Morgan fingerprint density at radius 1 is 1.13 bits per heavy atom. The van der Waals surface area contributed by atoms with Crippen LogP contribution in [0.1, 0.15) is 48.6 Å². The zero-order chi connectivity index (χ0) is 21.6. The molecule has 0 bridgehead atoms. The summed E-state index contributed by atoms with van der Waals surface area (Å²) in [5.74, 6) is 1.11. The largest absolute Gasteiger partial charge is 0.488 e. The van der Waals surface area contributed by atoms with E-state index < -0.39 is 0 Å². The molecule has 1 heterocycles. The lowest BCUT2D eigenvalue weighted by Crippen LogP contribution is -2.05. The molecule has 1 aromatic heterocycles. The number of aldehydes is 1. The highest BCUT2D eigenvalue weighted by molar-refractivity contribution is 5.97. The number of hydrogen-bond acceptors (Lipinski definition) is 4. The molecule has 158 valence electrons. The lowest BCUT2D eigenvalue weighted by molar-refractivity contribution is -0.109. The molecule has 0 fully saturated rings. The number of pyridine rings is 1. The Kier molecular flexibility index (Phi) is 6.46. The molecule has 4 heteroatoms. The van der Waals surface area contributed by atoms with Crippen LogP contribution in [0.4, 0.5) is 0 Å². The third-order valence-corrected chi connectivity index (χ3v) is 5.52. The molecule has 0 amide bonds. The molecule has 4 nitrogen and oxygen atoms in total. The van der Waals surface area contributed by atoms with Gasteiger partial charge in [0, 0.05) is 11.5 Å². The maximum Gasteiger partial charge on any atom is 0.225 e. The first-order valence-electron chi connectivity index (χ1n) is 10.8. The van der Waals surface area contributed by atoms with Crippen molar-refractivity contribution in [3.63, 3.8) is 0 Å². The van der Waals surface area contributed by atoms with Gasteiger partial charge in [-0.05, 0) is 55.3 Å². The van der Waals surface area contributed by atoms with E-state index in [0.29, 0.717) is 19.1 Å². The topological polar surface area (TPSA) is 48.4 Å². The second-order valence-electron chi connectivity index (χ2n) is 7.60. The average molecular weight is 414 g/mol. The number of carbonyl (C=O) groups is 1. The van der Waals surface area contributed by atoms with Crippen molar-refractivity contribution in [3.8, 4) is 11.6 Å². The molecule has 0 spiro atoms. The molecular formula is C27H27NO3. The molecule has 0 N–H and O–H groups in total. The van der Waals surface area contributed by atoms with Crippen molar-refractivity contribution in [2.75, 3.05) is 6.61 Å². The van der Waals surface area contributed by atoms with Gasteiger partial charge >= 0.3 is 0 Å². The molecule has 0 saturated heterocycles. The van der Waals surface area contributed by atoms with Crippen molar-refractivity contribution in [2.24, 2.45) is 0 Å². The highest BCUT2D eigenvalue weighted by Crippen LogP contribution is 2.46. The zero-order valence-corrected chi connectivity index (χ0v) is 18.0. The van der Waals surface area contributed by atoms with Crippen LogP contribution in [0.5, 0.6) is 11.6 Å². The predicted molar refractivity (Wildman–Crippen MR) is 125 cm³/mol. The minimum absolute atomic E-state index is 0.158. The number of rotatable bonds is 8. The van der Waals surface area contributed by atoms with E-state index >= 15 is 0 Å². The first kappa shape index (κ1) is 20.9. The molecule has 0 aliphatic heterocycles. The van der Waals surface area contributed by atoms with Crippen molar-refractivity contribution in [1.82, 2.24) is 4.98 Å². The van der Waals surface area contributed by atoms with Gasteiger partial charge in [0.25, 0.3) is 0 Å². The summed E-state index contributed by atoms with van der Waals surface area (Å²) < 4.78 is 12.4. The van der Waals surface area contributed by atoms with E-state index in [1.165, 1.54) is 5.56 Å². The Labute approximate surface area is 183 Å². The molecule has 3 aromatic rings. The van der Waals surface area contributed by atoms with E-state index in [1.54, 1.807) is 0 Å². The van der Waals surface area contributed by atoms with Gasteiger partial charge in [-0.25, -0.2) is 4.98 Å². The van der Waals surface area contributed by atoms with Crippen molar-refractivity contribution in [1.29, 1.82) is 0 Å². The average Bonchev–Trinajstić information content (AvgIpc) is 3.20. The smallest absolute Gasteiger partial charge is 0.225 e. The fourth-order valence-electron chi connectivity index (χ4n) is 4.12. The molecule has 31 heavy (non-hydrogen) atoms. The maximum absolute atomic E-state index is 11.8. The monoisotopic (exact) mass is 413 g/mol. The first-order valence-corrected chi connectivity index (χ1v) is 10.8. The van der Waals surface area contributed by atoms with Crippen molar-refractivity contribution in [3.05, 3.63) is 83.1 Å².